The molecule has 1 unspecified atom stereocenters. The fourth-order valence-corrected chi connectivity index (χ4v) is 3.61. The Kier molecular flexibility index (Phi) is 5.78. The number of amides is 3. The van der Waals surface area contributed by atoms with Crippen LogP contribution in [-0.4, -0.2) is 24.3 Å². The second-order valence-corrected chi connectivity index (χ2v) is 7.12. The number of primary amides is 1. The molecule has 6 heteroatoms. The first-order valence-electron chi connectivity index (χ1n) is 9.46. The van der Waals surface area contributed by atoms with E-state index >= 15 is 0 Å². The number of carbonyl (C=O) groups is 3. The Bertz CT molecular complexity index is 906. The summed E-state index contributed by atoms with van der Waals surface area (Å²) in [6.45, 7) is 4.79. The number of nitrogens with one attached hydrogen (secondary N) is 1. The van der Waals surface area contributed by atoms with Gasteiger partial charge in [-0.1, -0.05) is 37.3 Å². The number of nitrogens with zero attached hydrogens (tertiary/aromatic N) is 1. The number of hydrogen-bond acceptors (Lipinski definition) is 3. The zero-order valence-corrected chi connectivity index (χ0v) is 16.2. The minimum absolute atomic E-state index is 0.0186. The predicted octanol–water partition coefficient (Wildman–Crippen LogP) is 2.33. The maximum atomic E-state index is 12.6. The molecule has 3 rings (SSSR count). The van der Waals surface area contributed by atoms with Gasteiger partial charge in [0.1, 0.15) is 0 Å². The second-order valence-electron chi connectivity index (χ2n) is 7.12. The minimum atomic E-state index is -0.484. The Hall–Kier alpha value is -3.15. The van der Waals surface area contributed by atoms with Crippen LogP contribution in [0.25, 0.3) is 0 Å². The molecule has 3 amide bonds. The van der Waals surface area contributed by atoms with Gasteiger partial charge in [-0.15, -0.1) is 0 Å². The molecule has 2 aromatic rings. The van der Waals surface area contributed by atoms with E-state index in [1.54, 1.807) is 29.2 Å². The van der Waals surface area contributed by atoms with Crippen LogP contribution in [0.2, 0.25) is 0 Å². The van der Waals surface area contributed by atoms with Crippen LogP contribution in [-0.2, 0) is 22.6 Å². The van der Waals surface area contributed by atoms with Crippen molar-refractivity contribution in [3.8, 4) is 0 Å². The normalized spacial score (nSPS) is 16.3. The number of anilines is 1. The fraction of sp³-hybridized carbons (Fsp3) is 0.318. The molecular formula is C22H25N3O3. The first kappa shape index (κ1) is 19.6. The summed E-state index contributed by atoms with van der Waals surface area (Å²) in [5.41, 5.74) is 9.62. The van der Waals surface area contributed by atoms with Gasteiger partial charge in [-0.2, -0.15) is 0 Å². The van der Waals surface area contributed by atoms with Gasteiger partial charge in [-0.25, -0.2) is 0 Å². The number of rotatable bonds is 6. The highest BCUT2D eigenvalue weighted by Crippen LogP contribution is 2.31. The fourth-order valence-electron chi connectivity index (χ4n) is 3.61. The topological polar surface area (TPSA) is 92.5 Å². The van der Waals surface area contributed by atoms with E-state index in [0.717, 1.165) is 28.8 Å². The van der Waals surface area contributed by atoms with Gasteiger partial charge < -0.3 is 16.0 Å². The van der Waals surface area contributed by atoms with Crippen LogP contribution in [0, 0.1) is 12.8 Å². The maximum Gasteiger partial charge on any atom is 0.248 e. The number of benzene rings is 2. The summed E-state index contributed by atoms with van der Waals surface area (Å²) in [6, 6.07) is 12.8. The number of para-hydroxylation sites is 1. The van der Waals surface area contributed by atoms with Crippen LogP contribution in [0.4, 0.5) is 5.69 Å². The van der Waals surface area contributed by atoms with Crippen LogP contribution < -0.4 is 16.0 Å². The van der Waals surface area contributed by atoms with Gasteiger partial charge in [0.05, 0.1) is 5.92 Å². The van der Waals surface area contributed by atoms with Gasteiger partial charge in [0, 0.05) is 30.8 Å². The highest BCUT2D eigenvalue weighted by molar-refractivity contribution is 6.01. The molecule has 1 aliphatic rings. The molecule has 1 saturated heterocycles. The van der Waals surface area contributed by atoms with Crippen molar-refractivity contribution in [1.82, 2.24) is 5.32 Å². The average Bonchev–Trinajstić information content (AvgIpc) is 3.07. The van der Waals surface area contributed by atoms with Crippen LogP contribution in [0.1, 0.15) is 40.4 Å². The summed E-state index contributed by atoms with van der Waals surface area (Å²) < 4.78 is 0. The summed E-state index contributed by atoms with van der Waals surface area (Å²) in [4.78, 5) is 38.0. The Labute approximate surface area is 164 Å². The van der Waals surface area contributed by atoms with Crippen molar-refractivity contribution < 1.29 is 14.4 Å². The molecule has 3 N–H and O–H groups in total. The Morgan fingerprint density at radius 2 is 1.89 bits per heavy atom. The van der Waals surface area contributed by atoms with E-state index in [1.807, 2.05) is 25.1 Å². The van der Waals surface area contributed by atoms with Gasteiger partial charge in [-0.05, 0) is 42.2 Å². The Morgan fingerprint density at radius 3 is 2.54 bits per heavy atom. The predicted molar refractivity (Wildman–Crippen MR) is 108 cm³/mol. The maximum absolute atomic E-state index is 12.6. The van der Waals surface area contributed by atoms with Gasteiger partial charge in [0.15, 0.2) is 0 Å². The van der Waals surface area contributed by atoms with Crippen molar-refractivity contribution in [1.29, 1.82) is 0 Å². The summed E-state index contributed by atoms with van der Waals surface area (Å²) in [5.74, 6) is -1.01. The van der Waals surface area contributed by atoms with E-state index in [2.05, 4.69) is 12.2 Å². The Balaban J connectivity index is 1.65. The quantitative estimate of drug-likeness (QED) is 0.807. The third kappa shape index (κ3) is 4.06. The van der Waals surface area contributed by atoms with Crippen molar-refractivity contribution in [2.45, 2.75) is 33.2 Å². The first-order valence-corrected chi connectivity index (χ1v) is 9.46. The molecule has 28 heavy (non-hydrogen) atoms. The molecule has 0 aliphatic carbocycles. The summed E-state index contributed by atoms with van der Waals surface area (Å²) in [6.07, 6.45) is 1.04. The lowest BCUT2D eigenvalue weighted by molar-refractivity contribution is -0.126. The molecule has 1 atom stereocenters. The third-order valence-electron chi connectivity index (χ3n) is 5.17. The minimum Gasteiger partial charge on any atom is -0.366 e. The zero-order valence-electron chi connectivity index (χ0n) is 16.2. The SMILES string of the molecule is CCc1cccc(C)c1N1CC(C(=O)NCc2ccc(C(N)=O)cc2)CC1=O. The molecule has 2 aromatic carbocycles. The lowest BCUT2D eigenvalue weighted by Crippen LogP contribution is -2.33. The van der Waals surface area contributed by atoms with E-state index in [0.29, 0.717) is 18.7 Å². The third-order valence-corrected chi connectivity index (χ3v) is 5.17. The van der Waals surface area contributed by atoms with E-state index in [1.165, 1.54) is 0 Å². The van der Waals surface area contributed by atoms with E-state index < -0.39 is 5.91 Å². The largest absolute Gasteiger partial charge is 0.366 e. The summed E-state index contributed by atoms with van der Waals surface area (Å²) in [7, 11) is 0. The molecule has 1 fully saturated rings. The molecule has 146 valence electrons. The smallest absolute Gasteiger partial charge is 0.248 e. The highest BCUT2D eigenvalue weighted by atomic mass is 16.2. The van der Waals surface area contributed by atoms with Crippen molar-refractivity contribution >= 4 is 23.4 Å². The monoisotopic (exact) mass is 379 g/mol. The number of aryl methyl sites for hydroxylation is 2. The van der Waals surface area contributed by atoms with E-state index in [4.69, 9.17) is 5.73 Å². The number of hydrogen-bond donors (Lipinski definition) is 2. The highest BCUT2D eigenvalue weighted by Gasteiger charge is 2.36. The van der Waals surface area contributed by atoms with Crippen LogP contribution in [0.3, 0.4) is 0 Å². The van der Waals surface area contributed by atoms with E-state index in [9.17, 15) is 14.4 Å². The van der Waals surface area contributed by atoms with Crippen molar-refractivity contribution in [3.05, 3.63) is 64.7 Å². The first-order chi connectivity index (χ1) is 13.4. The van der Waals surface area contributed by atoms with Gasteiger partial charge >= 0.3 is 0 Å². The zero-order chi connectivity index (χ0) is 20.3. The van der Waals surface area contributed by atoms with Crippen molar-refractivity contribution in [3.63, 3.8) is 0 Å². The summed E-state index contributed by atoms with van der Waals surface area (Å²) >= 11 is 0. The standard InChI is InChI=1S/C22H25N3O3/c1-3-16-6-4-5-14(2)20(16)25-13-18(11-19(25)26)22(28)24-12-15-7-9-17(10-8-15)21(23)27/h4-10,18H,3,11-13H2,1-2H3,(H2,23,27)(H,24,28). The van der Waals surface area contributed by atoms with Gasteiger partial charge in [-0.3, -0.25) is 14.4 Å². The molecule has 1 heterocycles. The molecule has 0 spiro atoms. The Morgan fingerprint density at radius 1 is 1.18 bits per heavy atom. The molecule has 0 saturated carbocycles. The molecule has 0 bridgehead atoms. The molecule has 0 radical (unpaired) electrons. The molecule has 6 nitrogen and oxygen atoms in total. The number of carbonyl (C=O) groups excluding carboxylic acids is 3. The van der Waals surface area contributed by atoms with Crippen LogP contribution >= 0.6 is 0 Å². The number of nitrogens with two attached hydrogens (primary N) is 1. The molecular weight excluding hydrogens is 354 g/mol. The average molecular weight is 379 g/mol. The van der Waals surface area contributed by atoms with Crippen LogP contribution in [0.5, 0.6) is 0 Å². The molecule has 1 aliphatic heterocycles. The van der Waals surface area contributed by atoms with E-state index in [-0.39, 0.29) is 24.2 Å². The molecule has 0 aromatic heterocycles. The van der Waals surface area contributed by atoms with Crippen LogP contribution in [0.15, 0.2) is 42.5 Å². The second kappa shape index (κ2) is 8.25. The summed E-state index contributed by atoms with van der Waals surface area (Å²) in [5, 5.41) is 2.89. The lowest BCUT2D eigenvalue weighted by atomic mass is 10.0. The van der Waals surface area contributed by atoms with Gasteiger partial charge in [0.25, 0.3) is 0 Å². The van der Waals surface area contributed by atoms with Crippen molar-refractivity contribution in [2.75, 3.05) is 11.4 Å². The van der Waals surface area contributed by atoms with Gasteiger partial charge in [0.2, 0.25) is 17.7 Å². The lowest BCUT2D eigenvalue weighted by Gasteiger charge is -2.22. The van der Waals surface area contributed by atoms with Crippen molar-refractivity contribution in [2.24, 2.45) is 11.7 Å².